The summed E-state index contributed by atoms with van der Waals surface area (Å²) < 4.78 is 13.1. The highest BCUT2D eigenvalue weighted by Crippen LogP contribution is 2.08. The molecule has 0 fully saturated rings. The maximum atomic E-state index is 13.1. The highest BCUT2D eigenvalue weighted by atomic mass is 19.1. The number of nitrogens with one attached hydrogen (secondary N) is 3. The van der Waals surface area contributed by atoms with Crippen molar-refractivity contribution in [2.45, 2.75) is 27.3 Å². The third kappa shape index (κ3) is 6.25. The van der Waals surface area contributed by atoms with Crippen LogP contribution in [0.4, 0.5) is 9.18 Å². The third-order valence-corrected chi connectivity index (χ3v) is 2.91. The molecule has 0 saturated carbocycles. The van der Waals surface area contributed by atoms with Crippen LogP contribution in [0.25, 0.3) is 0 Å². The molecular weight excluding hydrogens is 273 g/mol. The first-order valence-corrected chi connectivity index (χ1v) is 6.94. The SMILES string of the molecule is Cc1cc(CNC(=O)NCCNC(=O)C(C)C)ccc1F. The number of halogens is 1. The van der Waals surface area contributed by atoms with Gasteiger partial charge in [-0.1, -0.05) is 26.0 Å². The molecule has 1 aromatic rings. The zero-order chi connectivity index (χ0) is 15.8. The number of amides is 3. The molecule has 1 rings (SSSR count). The molecule has 0 spiro atoms. The summed E-state index contributed by atoms with van der Waals surface area (Å²) in [5, 5.41) is 8.01. The van der Waals surface area contributed by atoms with E-state index in [9.17, 15) is 14.0 Å². The topological polar surface area (TPSA) is 70.2 Å². The van der Waals surface area contributed by atoms with Gasteiger partial charge in [-0.25, -0.2) is 9.18 Å². The van der Waals surface area contributed by atoms with Crippen molar-refractivity contribution >= 4 is 11.9 Å². The second kappa shape index (κ2) is 8.24. The summed E-state index contributed by atoms with van der Waals surface area (Å²) >= 11 is 0. The Bertz CT molecular complexity index is 504. The average Bonchev–Trinajstić information content (AvgIpc) is 2.44. The van der Waals surface area contributed by atoms with Crippen molar-refractivity contribution in [2.75, 3.05) is 13.1 Å². The Labute approximate surface area is 124 Å². The molecule has 5 nitrogen and oxygen atoms in total. The summed E-state index contributed by atoms with van der Waals surface area (Å²) in [6, 6.07) is 4.38. The largest absolute Gasteiger partial charge is 0.354 e. The number of benzene rings is 1. The molecule has 0 radical (unpaired) electrons. The molecule has 0 heterocycles. The minimum absolute atomic E-state index is 0.0426. The van der Waals surface area contributed by atoms with Gasteiger partial charge in [0.1, 0.15) is 5.82 Å². The van der Waals surface area contributed by atoms with Crippen molar-refractivity contribution in [2.24, 2.45) is 5.92 Å². The van der Waals surface area contributed by atoms with Gasteiger partial charge < -0.3 is 16.0 Å². The lowest BCUT2D eigenvalue weighted by molar-refractivity contribution is -0.123. The molecule has 0 aromatic heterocycles. The molecule has 6 heteroatoms. The number of carbonyl (C=O) groups excluding carboxylic acids is 2. The number of hydrogen-bond acceptors (Lipinski definition) is 2. The summed E-state index contributed by atoms with van der Waals surface area (Å²) in [4.78, 5) is 22.8. The molecule has 0 aliphatic heterocycles. The van der Waals surface area contributed by atoms with E-state index in [1.54, 1.807) is 32.9 Å². The first-order chi connectivity index (χ1) is 9.90. The monoisotopic (exact) mass is 295 g/mol. The molecule has 0 aliphatic rings. The smallest absolute Gasteiger partial charge is 0.315 e. The van der Waals surface area contributed by atoms with E-state index in [1.807, 2.05) is 0 Å². The molecule has 0 aliphatic carbocycles. The van der Waals surface area contributed by atoms with Crippen LogP contribution in [0.3, 0.4) is 0 Å². The van der Waals surface area contributed by atoms with Gasteiger partial charge in [0.15, 0.2) is 0 Å². The molecule has 0 unspecified atom stereocenters. The Morgan fingerprint density at radius 1 is 1.14 bits per heavy atom. The van der Waals surface area contributed by atoms with E-state index in [-0.39, 0.29) is 23.7 Å². The molecule has 116 valence electrons. The molecule has 3 N–H and O–H groups in total. The molecular formula is C15H22FN3O2. The summed E-state index contributed by atoms with van der Waals surface area (Å²) in [7, 11) is 0. The first-order valence-electron chi connectivity index (χ1n) is 6.94. The van der Waals surface area contributed by atoms with Crippen LogP contribution >= 0.6 is 0 Å². The Morgan fingerprint density at radius 2 is 1.81 bits per heavy atom. The highest BCUT2D eigenvalue weighted by molar-refractivity contribution is 5.78. The van der Waals surface area contributed by atoms with Crippen molar-refractivity contribution in [1.82, 2.24) is 16.0 Å². The fourth-order valence-corrected chi connectivity index (χ4v) is 1.63. The summed E-state index contributed by atoms with van der Waals surface area (Å²) in [5.74, 6) is -0.372. The maximum absolute atomic E-state index is 13.1. The lowest BCUT2D eigenvalue weighted by Gasteiger charge is -2.10. The van der Waals surface area contributed by atoms with E-state index in [0.29, 0.717) is 25.2 Å². The van der Waals surface area contributed by atoms with Gasteiger partial charge in [-0.15, -0.1) is 0 Å². The number of hydrogen-bond donors (Lipinski definition) is 3. The van der Waals surface area contributed by atoms with Crippen molar-refractivity contribution in [3.8, 4) is 0 Å². The molecule has 0 saturated heterocycles. The van der Waals surface area contributed by atoms with E-state index in [2.05, 4.69) is 16.0 Å². The van der Waals surface area contributed by atoms with Crippen LogP contribution in [-0.4, -0.2) is 25.0 Å². The van der Waals surface area contributed by atoms with Gasteiger partial charge in [0.2, 0.25) is 5.91 Å². The third-order valence-electron chi connectivity index (χ3n) is 2.91. The van der Waals surface area contributed by atoms with Crippen LogP contribution in [0.5, 0.6) is 0 Å². The Balaban J connectivity index is 2.22. The van der Waals surface area contributed by atoms with E-state index in [4.69, 9.17) is 0 Å². The van der Waals surface area contributed by atoms with Crippen LogP contribution in [-0.2, 0) is 11.3 Å². The second-order valence-electron chi connectivity index (χ2n) is 5.14. The predicted molar refractivity (Wildman–Crippen MR) is 79.2 cm³/mol. The van der Waals surface area contributed by atoms with Crippen molar-refractivity contribution in [3.63, 3.8) is 0 Å². The standard InChI is InChI=1S/C15H22FN3O2/c1-10(2)14(20)17-6-7-18-15(21)19-9-12-4-5-13(16)11(3)8-12/h4-5,8,10H,6-7,9H2,1-3H3,(H,17,20)(H2,18,19,21). The minimum atomic E-state index is -0.323. The van der Waals surface area contributed by atoms with Gasteiger partial charge in [-0.2, -0.15) is 0 Å². The summed E-state index contributed by atoms with van der Waals surface area (Å²) in [6.07, 6.45) is 0. The van der Waals surface area contributed by atoms with Gasteiger partial charge in [0, 0.05) is 25.6 Å². The van der Waals surface area contributed by atoms with Crippen molar-refractivity contribution in [3.05, 3.63) is 35.1 Å². The average molecular weight is 295 g/mol. The number of rotatable bonds is 6. The van der Waals surface area contributed by atoms with Crippen LogP contribution in [0.2, 0.25) is 0 Å². The molecule has 1 aromatic carbocycles. The van der Waals surface area contributed by atoms with Gasteiger partial charge in [0.25, 0.3) is 0 Å². The first kappa shape index (κ1) is 16.9. The maximum Gasteiger partial charge on any atom is 0.315 e. The van der Waals surface area contributed by atoms with Crippen molar-refractivity contribution in [1.29, 1.82) is 0 Å². The number of urea groups is 1. The summed E-state index contributed by atoms with van der Waals surface area (Å²) in [5.41, 5.74) is 1.38. The van der Waals surface area contributed by atoms with Gasteiger partial charge in [-0.05, 0) is 24.1 Å². The number of carbonyl (C=O) groups is 2. The van der Waals surface area contributed by atoms with Gasteiger partial charge in [-0.3, -0.25) is 4.79 Å². The van der Waals surface area contributed by atoms with Crippen LogP contribution < -0.4 is 16.0 Å². The lowest BCUT2D eigenvalue weighted by Crippen LogP contribution is -2.40. The Hall–Kier alpha value is -2.11. The highest BCUT2D eigenvalue weighted by Gasteiger charge is 2.06. The second-order valence-corrected chi connectivity index (χ2v) is 5.14. The number of aryl methyl sites for hydroxylation is 1. The lowest BCUT2D eigenvalue weighted by atomic mass is 10.1. The van der Waals surface area contributed by atoms with E-state index in [1.165, 1.54) is 6.07 Å². The normalized spacial score (nSPS) is 10.3. The molecule has 0 bridgehead atoms. The van der Waals surface area contributed by atoms with Crippen LogP contribution in [0.15, 0.2) is 18.2 Å². The zero-order valence-corrected chi connectivity index (χ0v) is 12.6. The van der Waals surface area contributed by atoms with Crippen molar-refractivity contribution < 1.29 is 14.0 Å². The molecule has 0 atom stereocenters. The van der Waals surface area contributed by atoms with E-state index in [0.717, 1.165) is 5.56 Å². The predicted octanol–water partition coefficient (Wildman–Crippen LogP) is 1.71. The molecule has 3 amide bonds. The molecule has 21 heavy (non-hydrogen) atoms. The van der Waals surface area contributed by atoms with Gasteiger partial charge >= 0.3 is 6.03 Å². The fraction of sp³-hybridized carbons (Fsp3) is 0.467. The van der Waals surface area contributed by atoms with Crippen LogP contribution in [0, 0.1) is 18.7 Å². The van der Waals surface area contributed by atoms with E-state index < -0.39 is 0 Å². The van der Waals surface area contributed by atoms with E-state index >= 15 is 0 Å². The summed E-state index contributed by atoms with van der Waals surface area (Å²) in [6.45, 7) is 6.36. The zero-order valence-electron chi connectivity index (χ0n) is 12.6. The fourth-order valence-electron chi connectivity index (χ4n) is 1.63. The Morgan fingerprint density at radius 3 is 2.43 bits per heavy atom. The van der Waals surface area contributed by atoms with Gasteiger partial charge in [0.05, 0.1) is 0 Å². The quantitative estimate of drug-likeness (QED) is 0.699. The Kier molecular flexibility index (Phi) is 6.65. The van der Waals surface area contributed by atoms with Crippen LogP contribution in [0.1, 0.15) is 25.0 Å². The minimum Gasteiger partial charge on any atom is -0.354 e.